The molecule has 0 fully saturated rings. The summed E-state index contributed by atoms with van der Waals surface area (Å²) in [6, 6.07) is 39.6. The molecule has 0 amide bonds. The van der Waals surface area contributed by atoms with Gasteiger partial charge in [-0.2, -0.15) is 0 Å². The van der Waals surface area contributed by atoms with Crippen molar-refractivity contribution in [3.8, 4) is 28.3 Å². The Kier molecular flexibility index (Phi) is 4.51. The van der Waals surface area contributed by atoms with Crippen LogP contribution in [-0.2, 0) is 0 Å². The largest absolute Gasteiger partial charge is 0.436 e. The first kappa shape index (κ1) is 20.1. The van der Waals surface area contributed by atoms with Crippen LogP contribution in [0.5, 0.6) is 0 Å². The maximum absolute atomic E-state index is 6.09. The fraction of sp³-hybridized carbons (Fsp3) is 0. The van der Waals surface area contributed by atoms with Crippen LogP contribution in [0.3, 0.4) is 0 Å². The van der Waals surface area contributed by atoms with Crippen LogP contribution < -0.4 is 0 Å². The van der Waals surface area contributed by atoms with E-state index in [0.29, 0.717) is 16.5 Å². The van der Waals surface area contributed by atoms with Crippen molar-refractivity contribution >= 4 is 44.5 Å². The minimum absolute atomic E-state index is 0.593. The van der Waals surface area contributed by atoms with E-state index < -0.39 is 0 Å². The first-order chi connectivity index (χ1) is 17.2. The molecule has 0 atom stereocenters. The lowest BCUT2D eigenvalue weighted by Gasteiger charge is -2.08. The molecule has 0 unspecified atom stereocenters. The first-order valence-corrected chi connectivity index (χ1v) is 11.9. The van der Waals surface area contributed by atoms with E-state index in [-0.39, 0.29) is 0 Å². The van der Waals surface area contributed by atoms with Gasteiger partial charge in [0.1, 0.15) is 5.52 Å². The highest BCUT2D eigenvalue weighted by Gasteiger charge is 2.13. The summed E-state index contributed by atoms with van der Waals surface area (Å²) in [4.78, 5) is 4.61. The maximum Gasteiger partial charge on any atom is 0.227 e. The summed E-state index contributed by atoms with van der Waals surface area (Å²) in [6.07, 6.45) is 0. The highest BCUT2D eigenvalue weighted by atomic mass is 35.5. The minimum Gasteiger partial charge on any atom is -0.436 e. The molecule has 0 aliphatic heterocycles. The van der Waals surface area contributed by atoms with E-state index in [1.54, 1.807) is 6.07 Å². The molecule has 166 valence electrons. The molecule has 0 aliphatic carbocycles. The number of oxazole rings is 1. The molecule has 0 aliphatic rings. The number of hydrogen-bond acceptors (Lipinski definition) is 2. The monoisotopic (exact) mass is 470 g/mol. The van der Waals surface area contributed by atoms with Gasteiger partial charge in [-0.1, -0.05) is 66.2 Å². The second kappa shape index (κ2) is 7.86. The predicted molar refractivity (Wildman–Crippen MR) is 144 cm³/mol. The van der Waals surface area contributed by atoms with Crippen molar-refractivity contribution in [3.63, 3.8) is 0 Å². The van der Waals surface area contributed by atoms with E-state index in [4.69, 9.17) is 16.0 Å². The number of rotatable bonds is 3. The van der Waals surface area contributed by atoms with Gasteiger partial charge < -0.3 is 8.98 Å². The Hall–Kier alpha value is -4.34. The van der Waals surface area contributed by atoms with Crippen LogP contribution >= 0.6 is 11.6 Å². The van der Waals surface area contributed by atoms with Crippen molar-refractivity contribution in [1.29, 1.82) is 0 Å². The lowest BCUT2D eigenvalue weighted by molar-refractivity contribution is 0.620. The van der Waals surface area contributed by atoms with Crippen molar-refractivity contribution in [2.75, 3.05) is 0 Å². The van der Waals surface area contributed by atoms with Crippen molar-refractivity contribution in [3.05, 3.63) is 120 Å². The van der Waals surface area contributed by atoms with Gasteiger partial charge in [0.2, 0.25) is 5.89 Å². The summed E-state index contributed by atoms with van der Waals surface area (Å²) in [5, 5.41) is 3.12. The van der Waals surface area contributed by atoms with Crippen LogP contribution in [0, 0.1) is 0 Å². The zero-order valence-corrected chi connectivity index (χ0v) is 19.4. The van der Waals surface area contributed by atoms with Crippen LogP contribution in [0.1, 0.15) is 0 Å². The highest BCUT2D eigenvalue weighted by Crippen LogP contribution is 2.35. The quantitative estimate of drug-likeness (QED) is 0.258. The third kappa shape index (κ3) is 3.32. The van der Waals surface area contributed by atoms with E-state index in [0.717, 1.165) is 22.3 Å². The summed E-state index contributed by atoms with van der Waals surface area (Å²) >= 11 is 6.09. The Balaban J connectivity index is 1.32. The van der Waals surface area contributed by atoms with Crippen LogP contribution in [0.25, 0.3) is 61.2 Å². The molecule has 0 N–H and O–H groups in total. The summed E-state index contributed by atoms with van der Waals surface area (Å²) in [5.74, 6) is 0.593. The van der Waals surface area contributed by atoms with Gasteiger partial charge in [-0.05, 0) is 65.7 Å². The molecular weight excluding hydrogens is 452 g/mol. The van der Waals surface area contributed by atoms with E-state index in [2.05, 4.69) is 107 Å². The molecule has 7 rings (SSSR count). The van der Waals surface area contributed by atoms with Crippen molar-refractivity contribution in [1.82, 2.24) is 9.55 Å². The minimum atomic E-state index is 0.593. The number of nitrogens with zero attached hydrogens (tertiary/aromatic N) is 2. The number of halogens is 1. The van der Waals surface area contributed by atoms with Gasteiger partial charge >= 0.3 is 0 Å². The van der Waals surface area contributed by atoms with Gasteiger partial charge in [0.15, 0.2) is 5.58 Å². The molecule has 0 spiro atoms. The van der Waals surface area contributed by atoms with E-state index in [9.17, 15) is 0 Å². The maximum atomic E-state index is 6.09. The Morgan fingerprint density at radius 1 is 0.600 bits per heavy atom. The van der Waals surface area contributed by atoms with Crippen molar-refractivity contribution in [2.24, 2.45) is 0 Å². The van der Waals surface area contributed by atoms with E-state index >= 15 is 0 Å². The highest BCUT2D eigenvalue weighted by molar-refractivity contribution is 6.31. The van der Waals surface area contributed by atoms with Crippen LogP contribution in [-0.4, -0.2) is 9.55 Å². The topological polar surface area (TPSA) is 31.0 Å². The second-order valence-corrected chi connectivity index (χ2v) is 9.06. The lowest BCUT2D eigenvalue weighted by Crippen LogP contribution is -1.92. The number of fused-ring (bicyclic) bond motifs is 4. The van der Waals surface area contributed by atoms with Gasteiger partial charge in [0.05, 0.1) is 11.0 Å². The Labute approximate surface area is 206 Å². The standard InChI is InChI=1S/C31H19ClN2O/c32-23-15-16-27-30(19-23)35-31(33-27)21-12-10-20(11-13-21)22-14-17-29-26(18-22)25-8-4-5-9-28(25)34(29)24-6-2-1-3-7-24/h1-19H. The second-order valence-electron chi connectivity index (χ2n) is 8.63. The molecule has 0 saturated carbocycles. The van der Waals surface area contributed by atoms with Gasteiger partial charge in [0, 0.05) is 33.1 Å². The zero-order chi connectivity index (χ0) is 23.4. The Bertz CT molecular complexity index is 1850. The average molecular weight is 471 g/mol. The fourth-order valence-corrected chi connectivity index (χ4v) is 5.00. The van der Waals surface area contributed by atoms with Crippen LogP contribution in [0.15, 0.2) is 120 Å². The molecule has 5 aromatic carbocycles. The number of hydrogen-bond donors (Lipinski definition) is 0. The molecule has 35 heavy (non-hydrogen) atoms. The smallest absolute Gasteiger partial charge is 0.227 e. The molecule has 7 aromatic rings. The normalized spacial score (nSPS) is 11.6. The van der Waals surface area contributed by atoms with E-state index in [1.165, 1.54) is 27.4 Å². The van der Waals surface area contributed by atoms with Crippen LogP contribution in [0.2, 0.25) is 5.02 Å². The first-order valence-electron chi connectivity index (χ1n) is 11.5. The SMILES string of the molecule is Clc1ccc2nc(-c3ccc(-c4ccc5c(c4)c4ccccc4n5-c4ccccc4)cc3)oc2c1. The van der Waals surface area contributed by atoms with Gasteiger partial charge in [-0.25, -0.2) is 4.98 Å². The predicted octanol–water partition coefficient (Wildman–Crippen LogP) is 8.91. The van der Waals surface area contributed by atoms with Gasteiger partial charge in [0.25, 0.3) is 0 Å². The summed E-state index contributed by atoms with van der Waals surface area (Å²) in [5.41, 5.74) is 8.31. The molecule has 2 heterocycles. The van der Waals surface area contributed by atoms with Crippen molar-refractivity contribution < 1.29 is 4.42 Å². The summed E-state index contributed by atoms with van der Waals surface area (Å²) in [6.45, 7) is 0. The van der Waals surface area contributed by atoms with Crippen molar-refractivity contribution in [2.45, 2.75) is 0 Å². The van der Waals surface area contributed by atoms with Gasteiger partial charge in [-0.15, -0.1) is 0 Å². The lowest BCUT2D eigenvalue weighted by atomic mass is 10.0. The average Bonchev–Trinajstić information content (AvgIpc) is 3.48. The third-order valence-corrected chi connectivity index (χ3v) is 6.74. The molecule has 0 bridgehead atoms. The summed E-state index contributed by atoms with van der Waals surface area (Å²) < 4.78 is 8.26. The third-order valence-electron chi connectivity index (χ3n) is 6.50. The van der Waals surface area contributed by atoms with E-state index in [1.807, 2.05) is 12.1 Å². The van der Waals surface area contributed by atoms with Crippen LogP contribution in [0.4, 0.5) is 0 Å². The Morgan fingerprint density at radius 3 is 2.17 bits per heavy atom. The molecule has 4 heteroatoms. The number of aromatic nitrogens is 2. The molecule has 0 saturated heterocycles. The molecule has 0 radical (unpaired) electrons. The summed E-state index contributed by atoms with van der Waals surface area (Å²) in [7, 11) is 0. The van der Waals surface area contributed by atoms with Gasteiger partial charge in [-0.3, -0.25) is 0 Å². The molecule has 2 aromatic heterocycles. The zero-order valence-electron chi connectivity index (χ0n) is 18.7. The Morgan fingerprint density at radius 2 is 1.31 bits per heavy atom. The molecule has 3 nitrogen and oxygen atoms in total. The number of benzene rings is 5. The fourth-order valence-electron chi connectivity index (χ4n) is 4.83. The molecular formula is C31H19ClN2O. The number of para-hydroxylation sites is 2.